The Labute approximate surface area is 96.2 Å². The summed E-state index contributed by atoms with van der Waals surface area (Å²) in [5, 5.41) is 13.9. The topological polar surface area (TPSA) is 47.3 Å². The molecule has 0 aromatic carbocycles. The number of nitrogens with zero attached hydrogens (tertiary/aromatic N) is 2. The number of aromatic nitrogens is 2. The highest BCUT2D eigenvalue weighted by Gasteiger charge is 2.15. The minimum absolute atomic E-state index is 0.378. The van der Waals surface area contributed by atoms with Crippen molar-refractivity contribution in [2.24, 2.45) is 0 Å². The first-order valence-corrected chi connectivity index (χ1v) is 6.11. The molecule has 4 heteroatoms. The van der Waals surface area contributed by atoms with E-state index in [1.165, 1.54) is 12.8 Å². The molecule has 0 amide bonds. The van der Waals surface area contributed by atoms with Gasteiger partial charge in [-0.25, -0.2) is 0 Å². The predicted molar refractivity (Wildman–Crippen MR) is 61.1 cm³/mol. The smallest absolute Gasteiger partial charge is 0.0817 e. The summed E-state index contributed by atoms with van der Waals surface area (Å²) in [5.74, 6) is 0. The fraction of sp³-hybridized carbons (Fsp3) is 0.750. The number of ether oxygens (including phenoxy) is 1. The van der Waals surface area contributed by atoms with Crippen molar-refractivity contribution < 1.29 is 9.84 Å². The third-order valence-electron chi connectivity index (χ3n) is 3.13. The zero-order chi connectivity index (χ0) is 11.4. The lowest BCUT2D eigenvalue weighted by atomic mass is 10.1. The molecular weight excluding hydrogens is 204 g/mol. The van der Waals surface area contributed by atoms with Crippen LogP contribution < -0.4 is 0 Å². The van der Waals surface area contributed by atoms with Gasteiger partial charge in [-0.3, -0.25) is 4.68 Å². The van der Waals surface area contributed by atoms with Crippen LogP contribution in [0.5, 0.6) is 0 Å². The summed E-state index contributed by atoms with van der Waals surface area (Å²) < 4.78 is 7.46. The molecule has 0 spiro atoms. The normalized spacial score (nSPS) is 22.5. The summed E-state index contributed by atoms with van der Waals surface area (Å²) in [6.45, 7) is 3.75. The molecule has 0 aliphatic carbocycles. The molecule has 0 bridgehead atoms. The minimum Gasteiger partial charge on any atom is -0.388 e. The number of aliphatic hydroxyl groups is 1. The van der Waals surface area contributed by atoms with E-state index in [4.69, 9.17) is 4.74 Å². The van der Waals surface area contributed by atoms with Gasteiger partial charge < -0.3 is 9.84 Å². The molecule has 1 aromatic rings. The van der Waals surface area contributed by atoms with Gasteiger partial charge in [0.05, 0.1) is 18.4 Å². The predicted octanol–water partition coefficient (Wildman–Crippen LogP) is 1.90. The number of hydrogen-bond donors (Lipinski definition) is 1. The summed E-state index contributed by atoms with van der Waals surface area (Å²) in [5.41, 5.74) is 0.912. The Morgan fingerprint density at radius 3 is 3.25 bits per heavy atom. The molecule has 1 N–H and O–H groups in total. The lowest BCUT2D eigenvalue weighted by Crippen LogP contribution is -2.10. The van der Waals surface area contributed by atoms with Crippen molar-refractivity contribution in [1.29, 1.82) is 0 Å². The van der Waals surface area contributed by atoms with Crippen molar-refractivity contribution in [3.8, 4) is 0 Å². The van der Waals surface area contributed by atoms with Crippen LogP contribution >= 0.6 is 0 Å². The van der Waals surface area contributed by atoms with Crippen LogP contribution in [0.25, 0.3) is 0 Å². The van der Waals surface area contributed by atoms with E-state index in [0.29, 0.717) is 6.10 Å². The first kappa shape index (κ1) is 11.6. The number of aliphatic hydroxyl groups excluding tert-OH is 1. The first-order chi connectivity index (χ1) is 7.79. The van der Waals surface area contributed by atoms with Gasteiger partial charge in [-0.1, -0.05) is 6.92 Å². The van der Waals surface area contributed by atoms with E-state index >= 15 is 0 Å². The van der Waals surface area contributed by atoms with Crippen LogP contribution in [0.15, 0.2) is 12.4 Å². The van der Waals surface area contributed by atoms with Crippen LogP contribution in [0.2, 0.25) is 0 Å². The highest BCUT2D eigenvalue weighted by Crippen LogP contribution is 2.17. The van der Waals surface area contributed by atoms with Gasteiger partial charge in [-0.05, 0) is 25.7 Å². The lowest BCUT2D eigenvalue weighted by molar-refractivity contribution is 0.0994. The van der Waals surface area contributed by atoms with Crippen molar-refractivity contribution >= 4 is 0 Å². The zero-order valence-electron chi connectivity index (χ0n) is 9.80. The van der Waals surface area contributed by atoms with Crippen LogP contribution in [0.4, 0.5) is 0 Å². The maximum atomic E-state index is 9.64. The van der Waals surface area contributed by atoms with Crippen molar-refractivity contribution in [2.45, 2.75) is 51.4 Å². The Morgan fingerprint density at radius 2 is 2.56 bits per heavy atom. The van der Waals surface area contributed by atoms with Gasteiger partial charge in [-0.2, -0.15) is 5.10 Å². The zero-order valence-corrected chi connectivity index (χ0v) is 9.80. The van der Waals surface area contributed by atoms with E-state index < -0.39 is 0 Å². The molecule has 1 saturated heterocycles. The van der Waals surface area contributed by atoms with Crippen molar-refractivity contribution in [1.82, 2.24) is 9.78 Å². The van der Waals surface area contributed by atoms with E-state index in [2.05, 4.69) is 5.10 Å². The Balaban J connectivity index is 1.82. The largest absolute Gasteiger partial charge is 0.388 e. The molecule has 0 radical (unpaired) electrons. The maximum absolute atomic E-state index is 9.64. The quantitative estimate of drug-likeness (QED) is 0.831. The van der Waals surface area contributed by atoms with Gasteiger partial charge in [0.1, 0.15) is 0 Å². The van der Waals surface area contributed by atoms with Gasteiger partial charge >= 0.3 is 0 Å². The second kappa shape index (κ2) is 5.46. The van der Waals surface area contributed by atoms with E-state index in [9.17, 15) is 5.11 Å². The summed E-state index contributed by atoms with van der Waals surface area (Å²) >= 11 is 0. The fourth-order valence-corrected chi connectivity index (χ4v) is 2.06. The Morgan fingerprint density at radius 1 is 1.69 bits per heavy atom. The van der Waals surface area contributed by atoms with Gasteiger partial charge in [0.15, 0.2) is 0 Å². The number of hydrogen-bond acceptors (Lipinski definition) is 3. The van der Waals surface area contributed by atoms with Gasteiger partial charge in [0.2, 0.25) is 0 Å². The molecule has 1 aromatic heterocycles. The molecule has 16 heavy (non-hydrogen) atoms. The number of aryl methyl sites for hydroxylation is 1. The van der Waals surface area contributed by atoms with Crippen molar-refractivity contribution in [3.05, 3.63) is 18.0 Å². The van der Waals surface area contributed by atoms with E-state index in [1.807, 2.05) is 17.8 Å². The molecule has 1 fully saturated rings. The highest BCUT2D eigenvalue weighted by atomic mass is 16.5. The summed E-state index contributed by atoms with van der Waals surface area (Å²) in [6, 6.07) is 0. The van der Waals surface area contributed by atoms with Crippen molar-refractivity contribution in [2.75, 3.05) is 6.61 Å². The molecular formula is C12H20N2O2. The molecule has 2 atom stereocenters. The van der Waals surface area contributed by atoms with Crippen LogP contribution in [0.1, 0.15) is 44.3 Å². The second-order valence-corrected chi connectivity index (χ2v) is 4.38. The van der Waals surface area contributed by atoms with Crippen LogP contribution in [0.3, 0.4) is 0 Å². The molecule has 2 rings (SSSR count). The molecule has 4 nitrogen and oxygen atoms in total. The van der Waals surface area contributed by atoms with E-state index in [1.54, 1.807) is 6.20 Å². The third-order valence-corrected chi connectivity index (χ3v) is 3.13. The summed E-state index contributed by atoms with van der Waals surface area (Å²) in [7, 11) is 0. The first-order valence-electron chi connectivity index (χ1n) is 6.11. The highest BCUT2D eigenvalue weighted by molar-refractivity contribution is 5.07. The van der Waals surface area contributed by atoms with Crippen LogP contribution in [-0.4, -0.2) is 27.6 Å². The van der Waals surface area contributed by atoms with Gasteiger partial charge in [0, 0.05) is 24.9 Å². The molecule has 90 valence electrons. The van der Waals surface area contributed by atoms with Gasteiger partial charge in [0.25, 0.3) is 0 Å². The van der Waals surface area contributed by atoms with Crippen molar-refractivity contribution in [3.63, 3.8) is 0 Å². The second-order valence-electron chi connectivity index (χ2n) is 4.38. The summed E-state index contributed by atoms with van der Waals surface area (Å²) in [6.07, 6.45) is 7.82. The fourth-order valence-electron chi connectivity index (χ4n) is 2.06. The average molecular weight is 224 g/mol. The van der Waals surface area contributed by atoms with Crippen LogP contribution in [-0.2, 0) is 11.3 Å². The Hall–Kier alpha value is -0.870. The molecule has 2 heterocycles. The maximum Gasteiger partial charge on any atom is 0.0817 e. The minimum atomic E-state index is -0.378. The standard InChI is InChI=1S/C12H20N2O2/c1-2-12(15)10-8-13-14(9-10)6-5-11-4-3-7-16-11/h8-9,11-12,15H,2-7H2,1H3. The van der Waals surface area contributed by atoms with E-state index in [0.717, 1.165) is 31.6 Å². The molecule has 1 aliphatic rings. The van der Waals surface area contributed by atoms with E-state index in [-0.39, 0.29) is 6.10 Å². The monoisotopic (exact) mass is 224 g/mol. The van der Waals surface area contributed by atoms with Gasteiger partial charge in [-0.15, -0.1) is 0 Å². The van der Waals surface area contributed by atoms with Crippen LogP contribution in [0, 0.1) is 0 Å². The lowest BCUT2D eigenvalue weighted by Gasteiger charge is -2.08. The summed E-state index contributed by atoms with van der Waals surface area (Å²) in [4.78, 5) is 0. The molecule has 2 unspecified atom stereocenters. The SMILES string of the molecule is CCC(O)c1cnn(CCC2CCCO2)c1. The molecule has 1 aliphatic heterocycles. The Bertz CT molecular complexity index is 319. The molecule has 0 saturated carbocycles. The number of rotatable bonds is 5. The Kier molecular flexibility index (Phi) is 3.96. The average Bonchev–Trinajstić information content (AvgIpc) is 2.96. The third kappa shape index (κ3) is 2.83.